The monoisotopic (exact) mass is 388 g/mol. The summed E-state index contributed by atoms with van der Waals surface area (Å²) in [5.41, 5.74) is 4.27. The van der Waals surface area contributed by atoms with Crippen LogP contribution in [0.4, 0.5) is 0 Å². The van der Waals surface area contributed by atoms with Crippen molar-refractivity contribution in [3.63, 3.8) is 0 Å². The Labute approximate surface area is 138 Å². The maximum Gasteiger partial charge on any atom is 0.0460 e. The minimum atomic E-state index is 0.296. The molecule has 1 aromatic rings. The maximum absolute atomic E-state index is 5.70. The average molecular weight is 388 g/mol. The van der Waals surface area contributed by atoms with Crippen molar-refractivity contribution in [3.05, 3.63) is 33.4 Å². The molecule has 0 saturated carbocycles. The molecule has 3 N–H and O–H groups in total. The lowest BCUT2D eigenvalue weighted by Crippen LogP contribution is -2.28. The Morgan fingerprint density at radius 1 is 1.05 bits per heavy atom. The molecule has 0 aliphatic heterocycles. The van der Waals surface area contributed by atoms with Crippen LogP contribution >= 0.6 is 22.6 Å². The zero-order valence-electron chi connectivity index (χ0n) is 12.7. The Kier molecular flexibility index (Phi) is 10.3. The molecule has 0 fully saturated rings. The first-order chi connectivity index (χ1) is 9.77. The van der Waals surface area contributed by atoms with E-state index in [2.05, 4.69) is 59.2 Å². The lowest BCUT2D eigenvalue weighted by molar-refractivity contribution is 0.475. The summed E-state index contributed by atoms with van der Waals surface area (Å²) in [6.07, 6.45) is 12.0. The molecule has 0 radical (unpaired) electrons. The van der Waals surface area contributed by atoms with Crippen molar-refractivity contribution in [3.8, 4) is 0 Å². The van der Waals surface area contributed by atoms with E-state index in [1.807, 2.05) is 0 Å². The minimum absolute atomic E-state index is 0.296. The molecule has 1 aromatic carbocycles. The van der Waals surface area contributed by atoms with Crippen LogP contribution in [0.3, 0.4) is 0 Å². The van der Waals surface area contributed by atoms with Gasteiger partial charge in [-0.2, -0.15) is 0 Å². The van der Waals surface area contributed by atoms with Gasteiger partial charge in [0.1, 0.15) is 0 Å². The van der Waals surface area contributed by atoms with E-state index in [9.17, 15) is 0 Å². The predicted octanol–water partition coefficient (Wildman–Crippen LogP) is 5.33. The Balaban J connectivity index is 2.16. The van der Waals surface area contributed by atoms with Gasteiger partial charge in [0.05, 0.1) is 0 Å². The molecule has 0 aliphatic carbocycles. The Hall–Kier alpha value is -0.130. The number of halogens is 1. The molecule has 20 heavy (non-hydrogen) atoms. The highest BCUT2D eigenvalue weighted by Crippen LogP contribution is 2.21. The predicted molar refractivity (Wildman–Crippen MR) is 96.5 cm³/mol. The molecular weight excluding hydrogens is 359 g/mol. The number of nitrogens with one attached hydrogen (secondary N) is 1. The van der Waals surface area contributed by atoms with Gasteiger partial charge in [-0.05, 0) is 46.7 Å². The van der Waals surface area contributed by atoms with Gasteiger partial charge < -0.3 is 0 Å². The summed E-state index contributed by atoms with van der Waals surface area (Å²) >= 11 is 2.35. The first-order valence-electron chi connectivity index (χ1n) is 7.99. The lowest BCUT2D eigenvalue weighted by atomic mass is 10.00. The fourth-order valence-corrected chi connectivity index (χ4v) is 3.12. The highest BCUT2D eigenvalue weighted by Gasteiger charge is 2.09. The van der Waals surface area contributed by atoms with Crippen LogP contribution in [0, 0.1) is 3.57 Å². The summed E-state index contributed by atoms with van der Waals surface area (Å²) < 4.78 is 1.27. The summed E-state index contributed by atoms with van der Waals surface area (Å²) in [5.74, 6) is 5.70. The van der Waals surface area contributed by atoms with Gasteiger partial charge in [0, 0.05) is 9.61 Å². The summed E-state index contributed by atoms with van der Waals surface area (Å²) in [7, 11) is 0. The molecule has 0 amide bonds. The van der Waals surface area contributed by atoms with Gasteiger partial charge in [-0.1, -0.05) is 70.4 Å². The van der Waals surface area contributed by atoms with E-state index < -0.39 is 0 Å². The molecule has 0 saturated heterocycles. The normalized spacial score (nSPS) is 12.6. The molecule has 1 atom stereocenters. The smallest absolute Gasteiger partial charge is 0.0460 e. The molecule has 0 spiro atoms. The minimum Gasteiger partial charge on any atom is -0.271 e. The molecule has 3 heteroatoms. The molecule has 2 nitrogen and oxygen atoms in total. The summed E-state index contributed by atoms with van der Waals surface area (Å²) in [6.45, 7) is 2.27. The highest BCUT2D eigenvalue weighted by atomic mass is 127. The van der Waals surface area contributed by atoms with E-state index in [4.69, 9.17) is 5.84 Å². The highest BCUT2D eigenvalue weighted by molar-refractivity contribution is 14.1. The van der Waals surface area contributed by atoms with Crippen LogP contribution in [0.5, 0.6) is 0 Å². The van der Waals surface area contributed by atoms with Gasteiger partial charge in [-0.25, -0.2) is 0 Å². The lowest BCUT2D eigenvalue weighted by Gasteiger charge is -2.16. The van der Waals surface area contributed by atoms with E-state index in [-0.39, 0.29) is 0 Å². The van der Waals surface area contributed by atoms with Crippen LogP contribution in [0.25, 0.3) is 0 Å². The van der Waals surface area contributed by atoms with Gasteiger partial charge >= 0.3 is 0 Å². The third kappa shape index (κ3) is 7.60. The Morgan fingerprint density at radius 3 is 2.30 bits per heavy atom. The van der Waals surface area contributed by atoms with Crippen LogP contribution in [0.15, 0.2) is 24.3 Å². The number of unbranched alkanes of at least 4 members (excludes halogenated alkanes) is 7. The molecule has 0 heterocycles. The van der Waals surface area contributed by atoms with Gasteiger partial charge in [0.2, 0.25) is 0 Å². The fraction of sp³-hybridized carbons (Fsp3) is 0.647. The summed E-state index contributed by atoms with van der Waals surface area (Å²) in [6, 6.07) is 8.90. The van der Waals surface area contributed by atoms with Gasteiger partial charge in [-0.3, -0.25) is 11.3 Å². The third-order valence-electron chi connectivity index (χ3n) is 3.80. The maximum atomic E-state index is 5.70. The number of hydrogen-bond acceptors (Lipinski definition) is 2. The number of benzene rings is 1. The van der Waals surface area contributed by atoms with E-state index in [1.54, 1.807) is 0 Å². The quantitative estimate of drug-likeness (QED) is 0.233. The van der Waals surface area contributed by atoms with E-state index in [0.717, 1.165) is 6.42 Å². The second-order valence-electron chi connectivity index (χ2n) is 5.54. The first kappa shape index (κ1) is 17.9. The summed E-state index contributed by atoms with van der Waals surface area (Å²) in [5, 5.41) is 0. The average Bonchev–Trinajstić information content (AvgIpc) is 2.46. The zero-order chi connectivity index (χ0) is 14.6. The van der Waals surface area contributed by atoms with Crippen molar-refractivity contribution in [2.45, 2.75) is 70.8 Å². The van der Waals surface area contributed by atoms with Crippen LogP contribution in [-0.4, -0.2) is 0 Å². The molecular formula is C17H29IN2. The molecule has 1 unspecified atom stereocenters. The first-order valence-corrected chi connectivity index (χ1v) is 9.07. The number of hydrogen-bond donors (Lipinski definition) is 2. The van der Waals surface area contributed by atoms with Crippen molar-refractivity contribution in [2.75, 3.05) is 0 Å². The second-order valence-corrected chi connectivity index (χ2v) is 6.78. The SMILES string of the molecule is CCCCCCCCCCC(NN)c1cccc(I)c1. The molecule has 0 bridgehead atoms. The molecule has 1 rings (SSSR count). The van der Waals surface area contributed by atoms with Gasteiger partial charge in [0.15, 0.2) is 0 Å². The fourth-order valence-electron chi connectivity index (χ4n) is 2.55. The van der Waals surface area contributed by atoms with Gasteiger partial charge in [0.25, 0.3) is 0 Å². The van der Waals surface area contributed by atoms with Crippen LogP contribution in [0.1, 0.15) is 76.3 Å². The van der Waals surface area contributed by atoms with E-state index in [1.165, 1.54) is 60.5 Å². The third-order valence-corrected chi connectivity index (χ3v) is 4.47. The van der Waals surface area contributed by atoms with Crippen molar-refractivity contribution in [1.29, 1.82) is 0 Å². The standard InChI is InChI=1S/C17H29IN2/c1-2-3-4-5-6-7-8-9-13-17(20-19)15-11-10-12-16(18)14-15/h10-12,14,17,20H,2-9,13,19H2,1H3. The van der Waals surface area contributed by atoms with E-state index >= 15 is 0 Å². The van der Waals surface area contributed by atoms with Crippen LogP contribution in [-0.2, 0) is 0 Å². The van der Waals surface area contributed by atoms with Crippen molar-refractivity contribution in [2.24, 2.45) is 5.84 Å². The van der Waals surface area contributed by atoms with Crippen LogP contribution < -0.4 is 11.3 Å². The van der Waals surface area contributed by atoms with Gasteiger partial charge in [-0.15, -0.1) is 0 Å². The summed E-state index contributed by atoms with van der Waals surface area (Å²) in [4.78, 5) is 0. The zero-order valence-corrected chi connectivity index (χ0v) is 14.9. The Morgan fingerprint density at radius 2 is 1.70 bits per heavy atom. The molecule has 114 valence electrons. The van der Waals surface area contributed by atoms with Crippen molar-refractivity contribution in [1.82, 2.24) is 5.43 Å². The number of hydrazine groups is 1. The van der Waals surface area contributed by atoms with Crippen LogP contribution in [0.2, 0.25) is 0 Å². The van der Waals surface area contributed by atoms with E-state index in [0.29, 0.717) is 6.04 Å². The Bertz CT molecular complexity index is 355. The largest absolute Gasteiger partial charge is 0.271 e. The van der Waals surface area contributed by atoms with Crippen molar-refractivity contribution >= 4 is 22.6 Å². The topological polar surface area (TPSA) is 38.0 Å². The number of rotatable bonds is 11. The number of nitrogens with two attached hydrogens (primary N) is 1. The molecule has 0 aliphatic rings. The second kappa shape index (κ2) is 11.5. The van der Waals surface area contributed by atoms with Crippen molar-refractivity contribution < 1.29 is 0 Å². The molecule has 0 aromatic heterocycles.